The van der Waals surface area contributed by atoms with Gasteiger partial charge in [-0.3, -0.25) is 4.98 Å². The van der Waals surface area contributed by atoms with Gasteiger partial charge in [0, 0.05) is 33.5 Å². The summed E-state index contributed by atoms with van der Waals surface area (Å²) in [7, 11) is 1.67. The summed E-state index contributed by atoms with van der Waals surface area (Å²) in [5.41, 5.74) is 7.37. The summed E-state index contributed by atoms with van der Waals surface area (Å²) >= 11 is 5.31. The van der Waals surface area contributed by atoms with E-state index in [1.807, 2.05) is 41.7 Å². The minimum absolute atomic E-state index is 0.783. The summed E-state index contributed by atoms with van der Waals surface area (Å²) in [6, 6.07) is 7.98. The van der Waals surface area contributed by atoms with Crippen molar-refractivity contribution in [3.8, 4) is 5.75 Å². The molecule has 0 saturated heterocycles. The van der Waals surface area contributed by atoms with E-state index in [9.17, 15) is 0 Å². The zero-order chi connectivity index (χ0) is 20.2. The fourth-order valence-electron chi connectivity index (χ4n) is 2.98. The van der Waals surface area contributed by atoms with Crippen LogP contribution in [0.1, 0.15) is 21.8 Å². The number of thioether (sulfide) groups is 2. The zero-order valence-corrected chi connectivity index (χ0v) is 19.0. The van der Waals surface area contributed by atoms with Gasteiger partial charge in [0.05, 0.1) is 35.0 Å². The van der Waals surface area contributed by atoms with E-state index in [4.69, 9.17) is 4.74 Å². The van der Waals surface area contributed by atoms with E-state index in [0.29, 0.717) is 0 Å². The van der Waals surface area contributed by atoms with Gasteiger partial charge in [0.1, 0.15) is 5.75 Å². The van der Waals surface area contributed by atoms with E-state index in [1.165, 1.54) is 15.3 Å². The van der Waals surface area contributed by atoms with Gasteiger partial charge in [-0.15, -0.1) is 23.1 Å². The molecular weight excluding hydrogens is 420 g/mol. The molecule has 0 amide bonds. The quantitative estimate of drug-likeness (QED) is 0.355. The lowest BCUT2D eigenvalue weighted by molar-refractivity contribution is 0.415. The molecule has 5 nitrogen and oxygen atoms in total. The number of methoxy groups -OCH3 is 1. The van der Waals surface area contributed by atoms with Crippen molar-refractivity contribution in [2.45, 2.75) is 36.1 Å². The van der Waals surface area contributed by atoms with Crippen molar-refractivity contribution in [1.29, 1.82) is 0 Å². The molecule has 0 bridgehead atoms. The van der Waals surface area contributed by atoms with Crippen molar-refractivity contribution < 1.29 is 4.74 Å². The average molecular weight is 443 g/mol. The first kappa shape index (κ1) is 20.3. The van der Waals surface area contributed by atoms with Crippen molar-refractivity contribution in [2.75, 3.05) is 12.9 Å². The molecule has 0 aliphatic heterocycles. The first-order valence-corrected chi connectivity index (χ1v) is 12.1. The van der Waals surface area contributed by atoms with Crippen LogP contribution in [0.4, 0.5) is 0 Å². The molecular formula is C21H22N4OS3. The number of thiazole rings is 1. The molecule has 0 saturated carbocycles. The van der Waals surface area contributed by atoms with Crippen molar-refractivity contribution in [1.82, 2.24) is 19.9 Å². The molecule has 0 fully saturated rings. The molecule has 29 heavy (non-hydrogen) atoms. The number of rotatable bonds is 8. The van der Waals surface area contributed by atoms with Gasteiger partial charge in [0.15, 0.2) is 5.16 Å². The summed E-state index contributed by atoms with van der Waals surface area (Å²) in [5.74, 6) is 2.66. The van der Waals surface area contributed by atoms with Crippen molar-refractivity contribution >= 4 is 45.9 Å². The number of imidazole rings is 1. The fourth-order valence-corrected chi connectivity index (χ4v) is 5.82. The Morgan fingerprint density at radius 1 is 1.14 bits per heavy atom. The Hall–Kier alpha value is -2.03. The Bertz CT molecular complexity index is 1120. The minimum Gasteiger partial charge on any atom is -0.497 e. The maximum atomic E-state index is 5.28. The number of nitrogens with one attached hydrogen (secondary N) is 1. The molecule has 150 valence electrons. The van der Waals surface area contributed by atoms with Crippen LogP contribution < -0.4 is 4.74 Å². The van der Waals surface area contributed by atoms with Gasteiger partial charge in [0.2, 0.25) is 0 Å². The fraction of sp³-hybridized carbons (Fsp3) is 0.286. The lowest BCUT2D eigenvalue weighted by Crippen LogP contribution is -1.95. The number of fused-ring (bicyclic) bond motifs is 1. The molecule has 3 aromatic heterocycles. The van der Waals surface area contributed by atoms with Crippen LogP contribution in [-0.4, -0.2) is 32.8 Å². The number of hydrogen-bond acceptors (Lipinski definition) is 7. The summed E-state index contributed by atoms with van der Waals surface area (Å²) < 4.78 is 5.28. The first-order valence-electron chi connectivity index (χ1n) is 9.27. The highest BCUT2D eigenvalue weighted by molar-refractivity contribution is 7.99. The van der Waals surface area contributed by atoms with E-state index in [0.717, 1.165) is 51.3 Å². The number of aromatic nitrogens is 4. The molecule has 0 spiro atoms. The Morgan fingerprint density at radius 3 is 2.83 bits per heavy atom. The van der Waals surface area contributed by atoms with Gasteiger partial charge in [-0.25, -0.2) is 9.97 Å². The van der Waals surface area contributed by atoms with E-state index in [1.54, 1.807) is 30.2 Å². The summed E-state index contributed by atoms with van der Waals surface area (Å²) in [5, 5.41) is 0.896. The Kier molecular flexibility index (Phi) is 6.42. The Morgan fingerprint density at radius 2 is 2.03 bits per heavy atom. The number of H-pyrrole nitrogens is 1. The number of aryl methyl sites for hydroxylation is 2. The highest BCUT2D eigenvalue weighted by Gasteiger charge is 2.10. The van der Waals surface area contributed by atoms with Crippen LogP contribution in [0.3, 0.4) is 0 Å². The maximum Gasteiger partial charge on any atom is 0.166 e. The van der Waals surface area contributed by atoms with Crippen LogP contribution in [0.15, 0.2) is 46.0 Å². The number of pyridine rings is 1. The molecule has 4 rings (SSSR count). The lowest BCUT2D eigenvalue weighted by atomic mass is 10.2. The highest BCUT2D eigenvalue weighted by atomic mass is 32.2. The van der Waals surface area contributed by atoms with Crippen LogP contribution >= 0.6 is 34.9 Å². The average Bonchev–Trinajstić information content (AvgIpc) is 3.33. The molecule has 0 radical (unpaired) electrons. The van der Waals surface area contributed by atoms with Crippen LogP contribution in [0.5, 0.6) is 5.75 Å². The van der Waals surface area contributed by atoms with Gasteiger partial charge in [-0.2, -0.15) is 0 Å². The van der Waals surface area contributed by atoms with E-state index >= 15 is 0 Å². The second kappa shape index (κ2) is 9.19. The number of benzene rings is 1. The Balaban J connectivity index is 1.40. The highest BCUT2D eigenvalue weighted by Crippen LogP contribution is 2.29. The van der Waals surface area contributed by atoms with Gasteiger partial charge in [-0.1, -0.05) is 11.8 Å². The normalized spacial score (nSPS) is 11.3. The van der Waals surface area contributed by atoms with Gasteiger partial charge in [-0.05, 0) is 44.0 Å². The van der Waals surface area contributed by atoms with Gasteiger partial charge >= 0.3 is 0 Å². The molecule has 4 aromatic rings. The van der Waals surface area contributed by atoms with Crippen LogP contribution in [0.25, 0.3) is 11.0 Å². The smallest absolute Gasteiger partial charge is 0.166 e. The standard InChI is InChI=1S/C21H22N4OS3/c1-13-18(11-28-21-24-16-5-4-15(26-3)10-17(16)25-21)22-8-6-19(13)27-9-7-20-14(2)23-12-29-20/h4-6,8,10,12H,7,9,11H2,1-3H3,(H,24,25). The molecule has 0 unspecified atom stereocenters. The van der Waals surface area contributed by atoms with Crippen molar-refractivity contribution in [3.63, 3.8) is 0 Å². The third-order valence-electron chi connectivity index (χ3n) is 4.70. The monoisotopic (exact) mass is 442 g/mol. The number of hydrogen-bond donors (Lipinski definition) is 1. The zero-order valence-electron chi connectivity index (χ0n) is 16.6. The molecule has 3 heterocycles. The second-order valence-corrected chi connectivity index (χ2v) is 9.59. The predicted octanol–water partition coefficient (Wildman–Crippen LogP) is 5.67. The van der Waals surface area contributed by atoms with Crippen molar-refractivity contribution in [2.24, 2.45) is 0 Å². The van der Waals surface area contributed by atoms with Crippen LogP contribution in [0.2, 0.25) is 0 Å². The molecule has 1 N–H and O–H groups in total. The van der Waals surface area contributed by atoms with E-state index in [2.05, 4.69) is 39.8 Å². The maximum absolute atomic E-state index is 5.28. The van der Waals surface area contributed by atoms with E-state index < -0.39 is 0 Å². The predicted molar refractivity (Wildman–Crippen MR) is 122 cm³/mol. The topological polar surface area (TPSA) is 63.7 Å². The molecule has 0 aliphatic rings. The minimum atomic E-state index is 0.783. The number of ether oxygens (including phenoxy) is 1. The van der Waals surface area contributed by atoms with Crippen molar-refractivity contribution in [3.05, 3.63) is 57.8 Å². The van der Waals surface area contributed by atoms with E-state index in [-0.39, 0.29) is 0 Å². The van der Waals surface area contributed by atoms with Crippen LogP contribution in [-0.2, 0) is 12.2 Å². The Labute approximate surface area is 182 Å². The molecule has 8 heteroatoms. The largest absolute Gasteiger partial charge is 0.497 e. The number of nitrogens with zero attached hydrogens (tertiary/aromatic N) is 3. The van der Waals surface area contributed by atoms with Gasteiger partial charge < -0.3 is 9.72 Å². The summed E-state index contributed by atoms with van der Waals surface area (Å²) in [6.07, 6.45) is 2.96. The summed E-state index contributed by atoms with van der Waals surface area (Å²) in [4.78, 5) is 19.6. The summed E-state index contributed by atoms with van der Waals surface area (Å²) in [6.45, 7) is 4.24. The number of aromatic amines is 1. The first-order chi connectivity index (χ1) is 14.1. The molecule has 1 aromatic carbocycles. The second-order valence-electron chi connectivity index (χ2n) is 6.55. The molecule has 0 atom stereocenters. The third kappa shape index (κ3) is 4.76. The molecule has 0 aliphatic carbocycles. The SMILES string of the molecule is COc1ccc2nc(SCc3nccc(SCCc4scnc4C)c3C)[nH]c2c1. The van der Waals surface area contributed by atoms with Gasteiger partial charge in [0.25, 0.3) is 0 Å². The third-order valence-corrected chi connectivity index (χ3v) is 7.74. The lowest BCUT2D eigenvalue weighted by Gasteiger charge is -2.09. The van der Waals surface area contributed by atoms with Crippen LogP contribution in [0, 0.1) is 13.8 Å².